The van der Waals surface area contributed by atoms with Crippen molar-refractivity contribution >= 4 is 5.69 Å². The van der Waals surface area contributed by atoms with Crippen molar-refractivity contribution in [3.8, 4) is 6.07 Å². The van der Waals surface area contributed by atoms with Crippen LogP contribution in [0.25, 0.3) is 0 Å². The van der Waals surface area contributed by atoms with Crippen molar-refractivity contribution in [3.63, 3.8) is 0 Å². The number of benzene rings is 1. The SMILES string of the molecule is CC(C)C(C)(C#N)Nc1cccc(F)c1. The number of anilines is 1. The highest BCUT2D eigenvalue weighted by molar-refractivity contribution is 5.47. The normalized spacial score (nSPS) is 14.4. The van der Waals surface area contributed by atoms with Crippen LogP contribution in [0.15, 0.2) is 24.3 Å². The molecule has 0 saturated heterocycles. The van der Waals surface area contributed by atoms with Crippen molar-refractivity contribution in [2.45, 2.75) is 26.3 Å². The van der Waals surface area contributed by atoms with Gasteiger partial charge in [-0.05, 0) is 31.0 Å². The third-order valence-corrected chi connectivity index (χ3v) is 2.62. The Morgan fingerprint density at radius 2 is 2.13 bits per heavy atom. The Labute approximate surface area is 89.7 Å². The lowest BCUT2D eigenvalue weighted by Gasteiger charge is -2.28. The van der Waals surface area contributed by atoms with Gasteiger partial charge in [0.05, 0.1) is 6.07 Å². The van der Waals surface area contributed by atoms with E-state index < -0.39 is 5.54 Å². The summed E-state index contributed by atoms with van der Waals surface area (Å²) in [5.41, 5.74) is -0.0406. The first-order valence-corrected chi connectivity index (χ1v) is 4.93. The zero-order valence-electron chi connectivity index (χ0n) is 9.21. The van der Waals surface area contributed by atoms with Crippen molar-refractivity contribution in [2.75, 3.05) is 5.32 Å². The molecule has 0 aliphatic heterocycles. The number of hydrogen-bond acceptors (Lipinski definition) is 2. The van der Waals surface area contributed by atoms with Gasteiger partial charge in [-0.15, -0.1) is 0 Å². The van der Waals surface area contributed by atoms with Crippen LogP contribution in [0.1, 0.15) is 20.8 Å². The molecule has 0 bridgehead atoms. The highest BCUT2D eigenvalue weighted by Gasteiger charge is 2.27. The summed E-state index contributed by atoms with van der Waals surface area (Å²) in [5, 5.41) is 12.1. The molecule has 1 N–H and O–H groups in total. The second kappa shape index (κ2) is 4.31. The van der Waals surface area contributed by atoms with E-state index in [4.69, 9.17) is 5.26 Å². The summed E-state index contributed by atoms with van der Waals surface area (Å²) in [6.07, 6.45) is 0. The van der Waals surface area contributed by atoms with Gasteiger partial charge in [0.15, 0.2) is 0 Å². The summed E-state index contributed by atoms with van der Waals surface area (Å²) < 4.78 is 12.9. The van der Waals surface area contributed by atoms with Gasteiger partial charge in [0.1, 0.15) is 11.4 Å². The number of hydrogen-bond donors (Lipinski definition) is 1. The molecule has 0 amide bonds. The van der Waals surface area contributed by atoms with Crippen LogP contribution in [-0.2, 0) is 0 Å². The van der Waals surface area contributed by atoms with Crippen LogP contribution in [0.4, 0.5) is 10.1 Å². The van der Waals surface area contributed by atoms with E-state index in [-0.39, 0.29) is 11.7 Å². The summed E-state index contributed by atoms with van der Waals surface area (Å²) >= 11 is 0. The molecule has 1 aromatic carbocycles. The zero-order valence-corrected chi connectivity index (χ0v) is 9.21. The summed E-state index contributed by atoms with van der Waals surface area (Å²) in [4.78, 5) is 0. The molecule has 80 valence electrons. The van der Waals surface area contributed by atoms with Crippen molar-refractivity contribution in [1.82, 2.24) is 0 Å². The van der Waals surface area contributed by atoms with Crippen molar-refractivity contribution in [3.05, 3.63) is 30.1 Å². The average molecular weight is 206 g/mol. The van der Waals surface area contributed by atoms with Gasteiger partial charge >= 0.3 is 0 Å². The van der Waals surface area contributed by atoms with Crippen LogP contribution in [0.5, 0.6) is 0 Å². The van der Waals surface area contributed by atoms with E-state index in [1.54, 1.807) is 12.1 Å². The first kappa shape index (κ1) is 11.5. The molecule has 1 aromatic rings. The smallest absolute Gasteiger partial charge is 0.125 e. The number of nitrogens with zero attached hydrogens (tertiary/aromatic N) is 1. The molecular formula is C12H15FN2. The van der Waals surface area contributed by atoms with Gasteiger partial charge in [-0.2, -0.15) is 5.26 Å². The molecule has 0 aliphatic carbocycles. The lowest BCUT2D eigenvalue weighted by atomic mass is 9.90. The molecule has 0 fully saturated rings. The Balaban J connectivity index is 2.90. The van der Waals surface area contributed by atoms with Gasteiger partial charge < -0.3 is 5.32 Å². The lowest BCUT2D eigenvalue weighted by molar-refractivity contribution is 0.464. The Kier molecular flexibility index (Phi) is 3.31. The molecule has 15 heavy (non-hydrogen) atoms. The average Bonchev–Trinajstić information content (AvgIpc) is 2.17. The topological polar surface area (TPSA) is 35.8 Å². The standard InChI is InChI=1S/C12H15FN2/c1-9(2)12(3,8-14)15-11-6-4-5-10(13)7-11/h4-7,9,15H,1-3H3. The molecule has 0 aromatic heterocycles. The second-order valence-corrected chi connectivity index (χ2v) is 4.10. The molecule has 0 aliphatic rings. The van der Waals surface area contributed by atoms with Gasteiger partial charge in [0, 0.05) is 5.69 Å². The van der Waals surface area contributed by atoms with Gasteiger partial charge in [0.25, 0.3) is 0 Å². The minimum atomic E-state index is -0.673. The number of halogens is 1. The van der Waals surface area contributed by atoms with Crippen LogP contribution >= 0.6 is 0 Å². The van der Waals surface area contributed by atoms with Gasteiger partial charge in [-0.3, -0.25) is 0 Å². The number of nitriles is 1. The molecule has 0 radical (unpaired) electrons. The van der Waals surface area contributed by atoms with Crippen LogP contribution in [0.3, 0.4) is 0 Å². The monoisotopic (exact) mass is 206 g/mol. The molecule has 1 atom stereocenters. The highest BCUT2D eigenvalue weighted by Crippen LogP contribution is 2.22. The van der Waals surface area contributed by atoms with Crippen molar-refractivity contribution in [2.24, 2.45) is 5.92 Å². The fourth-order valence-electron chi connectivity index (χ4n) is 1.17. The highest BCUT2D eigenvalue weighted by atomic mass is 19.1. The van der Waals surface area contributed by atoms with E-state index in [0.29, 0.717) is 5.69 Å². The van der Waals surface area contributed by atoms with E-state index in [0.717, 1.165) is 0 Å². The summed E-state index contributed by atoms with van der Waals surface area (Å²) in [6, 6.07) is 8.35. The fraction of sp³-hybridized carbons (Fsp3) is 0.417. The van der Waals surface area contributed by atoms with Crippen LogP contribution in [-0.4, -0.2) is 5.54 Å². The summed E-state index contributed by atoms with van der Waals surface area (Å²) in [7, 11) is 0. The van der Waals surface area contributed by atoms with Crippen molar-refractivity contribution in [1.29, 1.82) is 5.26 Å². The number of nitrogens with one attached hydrogen (secondary N) is 1. The van der Waals surface area contributed by atoms with E-state index in [2.05, 4.69) is 11.4 Å². The maximum atomic E-state index is 12.9. The predicted octanol–water partition coefficient (Wildman–Crippen LogP) is 3.18. The Bertz CT molecular complexity index is 381. The van der Waals surface area contributed by atoms with Gasteiger partial charge in [-0.25, -0.2) is 4.39 Å². The predicted molar refractivity (Wildman–Crippen MR) is 58.9 cm³/mol. The van der Waals surface area contributed by atoms with Crippen LogP contribution < -0.4 is 5.32 Å². The molecule has 3 heteroatoms. The van der Waals surface area contributed by atoms with E-state index >= 15 is 0 Å². The van der Waals surface area contributed by atoms with Crippen molar-refractivity contribution < 1.29 is 4.39 Å². The molecule has 0 spiro atoms. The Morgan fingerprint density at radius 3 is 2.60 bits per heavy atom. The summed E-state index contributed by atoms with van der Waals surface area (Å²) in [6.45, 7) is 5.72. The zero-order chi connectivity index (χ0) is 11.5. The molecule has 0 saturated carbocycles. The molecular weight excluding hydrogens is 191 g/mol. The first-order valence-electron chi connectivity index (χ1n) is 4.93. The van der Waals surface area contributed by atoms with E-state index in [9.17, 15) is 4.39 Å². The second-order valence-electron chi connectivity index (χ2n) is 4.10. The first-order chi connectivity index (χ1) is 6.98. The number of rotatable bonds is 3. The summed E-state index contributed by atoms with van der Waals surface area (Å²) in [5.74, 6) is -0.158. The van der Waals surface area contributed by atoms with Gasteiger partial charge in [0.2, 0.25) is 0 Å². The van der Waals surface area contributed by atoms with Crippen LogP contribution in [0.2, 0.25) is 0 Å². The van der Waals surface area contributed by atoms with E-state index in [1.807, 2.05) is 20.8 Å². The quantitative estimate of drug-likeness (QED) is 0.824. The van der Waals surface area contributed by atoms with E-state index in [1.165, 1.54) is 12.1 Å². The third kappa shape index (κ3) is 2.69. The molecule has 2 nitrogen and oxygen atoms in total. The molecule has 1 rings (SSSR count). The molecule has 0 heterocycles. The minimum Gasteiger partial charge on any atom is -0.367 e. The van der Waals surface area contributed by atoms with Gasteiger partial charge in [-0.1, -0.05) is 19.9 Å². The third-order valence-electron chi connectivity index (χ3n) is 2.62. The maximum Gasteiger partial charge on any atom is 0.125 e. The Morgan fingerprint density at radius 1 is 1.47 bits per heavy atom. The Hall–Kier alpha value is -1.56. The minimum absolute atomic E-state index is 0.144. The van der Waals surface area contributed by atoms with Crippen LogP contribution in [0, 0.1) is 23.1 Å². The largest absolute Gasteiger partial charge is 0.367 e. The maximum absolute atomic E-state index is 12.9. The molecule has 1 unspecified atom stereocenters. The fourth-order valence-corrected chi connectivity index (χ4v) is 1.17. The lowest BCUT2D eigenvalue weighted by Crippen LogP contribution is -2.38.